The first-order valence-corrected chi connectivity index (χ1v) is 12.4. The molecule has 0 radical (unpaired) electrons. The number of carbonyl (C=O) groups is 2. The summed E-state index contributed by atoms with van der Waals surface area (Å²) in [4.78, 5) is 37.5. The van der Waals surface area contributed by atoms with Crippen LogP contribution in [0.25, 0.3) is 6.08 Å². The Hall–Kier alpha value is -4.14. The molecule has 0 N–H and O–H groups in total. The normalized spacial score (nSPS) is 14.1. The maximum atomic E-state index is 13.0. The van der Waals surface area contributed by atoms with Gasteiger partial charge in [-0.15, -0.1) is 0 Å². The van der Waals surface area contributed by atoms with Crippen molar-refractivity contribution in [2.75, 3.05) is 7.11 Å². The van der Waals surface area contributed by atoms with Crippen molar-refractivity contribution < 1.29 is 24.0 Å². The minimum Gasteiger partial charge on any atom is -0.493 e. The summed E-state index contributed by atoms with van der Waals surface area (Å²) in [5, 5.41) is 19.9. The highest BCUT2D eigenvalue weighted by molar-refractivity contribution is 9.10. The maximum Gasteiger partial charge on any atom is 0.293 e. The molecular formula is C26H18BrN3O6S. The first kappa shape index (κ1) is 25.9. The number of ether oxygens (including phenoxy) is 2. The third-order valence-electron chi connectivity index (χ3n) is 5.43. The molecule has 1 aliphatic heterocycles. The van der Waals surface area contributed by atoms with Crippen LogP contribution >= 0.6 is 27.7 Å². The number of nitrogens with zero attached hydrogens (tertiary/aromatic N) is 3. The van der Waals surface area contributed by atoms with E-state index in [1.165, 1.54) is 19.2 Å². The molecule has 3 aromatic rings. The van der Waals surface area contributed by atoms with Crippen LogP contribution in [0.3, 0.4) is 0 Å². The third kappa shape index (κ3) is 5.82. The highest BCUT2D eigenvalue weighted by Crippen LogP contribution is 2.39. The van der Waals surface area contributed by atoms with Gasteiger partial charge in [0.25, 0.3) is 16.8 Å². The van der Waals surface area contributed by atoms with Gasteiger partial charge in [0.05, 0.1) is 35.1 Å². The summed E-state index contributed by atoms with van der Waals surface area (Å²) in [6, 6.07) is 18.3. The number of thioether (sulfide) groups is 1. The van der Waals surface area contributed by atoms with Crippen molar-refractivity contribution in [2.45, 2.75) is 13.2 Å². The smallest absolute Gasteiger partial charge is 0.293 e. The maximum absolute atomic E-state index is 13.0. The third-order valence-corrected chi connectivity index (χ3v) is 7.02. The lowest BCUT2D eigenvalue weighted by Gasteiger charge is -2.14. The summed E-state index contributed by atoms with van der Waals surface area (Å²) < 4.78 is 11.9. The molecule has 2 amide bonds. The van der Waals surface area contributed by atoms with Crippen molar-refractivity contribution in [3.05, 3.63) is 102 Å². The first-order chi connectivity index (χ1) is 17.8. The molecule has 9 nitrogen and oxygen atoms in total. The Morgan fingerprint density at radius 2 is 1.92 bits per heavy atom. The average Bonchev–Trinajstić information content (AvgIpc) is 3.16. The van der Waals surface area contributed by atoms with E-state index in [4.69, 9.17) is 9.47 Å². The molecule has 0 spiro atoms. The van der Waals surface area contributed by atoms with E-state index >= 15 is 0 Å². The first-order valence-electron chi connectivity index (χ1n) is 10.8. The van der Waals surface area contributed by atoms with Crippen LogP contribution in [0, 0.1) is 21.4 Å². The lowest BCUT2D eigenvalue weighted by Crippen LogP contribution is -2.27. The van der Waals surface area contributed by atoms with E-state index in [1.807, 2.05) is 0 Å². The Morgan fingerprint density at radius 3 is 2.65 bits per heavy atom. The summed E-state index contributed by atoms with van der Waals surface area (Å²) in [5.41, 5.74) is 2.15. The molecule has 0 saturated carbocycles. The lowest BCUT2D eigenvalue weighted by atomic mass is 10.1. The minimum absolute atomic E-state index is 0.000651. The van der Waals surface area contributed by atoms with Gasteiger partial charge < -0.3 is 9.47 Å². The van der Waals surface area contributed by atoms with Crippen LogP contribution in [-0.4, -0.2) is 28.1 Å². The van der Waals surface area contributed by atoms with Gasteiger partial charge in [-0.3, -0.25) is 24.6 Å². The van der Waals surface area contributed by atoms with Gasteiger partial charge in [-0.2, -0.15) is 5.26 Å². The number of nitro groups is 1. The summed E-state index contributed by atoms with van der Waals surface area (Å²) in [6.45, 7) is 0.0769. The highest BCUT2D eigenvalue weighted by Gasteiger charge is 2.35. The number of imide groups is 1. The number of rotatable bonds is 8. The highest BCUT2D eigenvalue weighted by atomic mass is 79.9. The van der Waals surface area contributed by atoms with Crippen LogP contribution in [0.2, 0.25) is 0 Å². The van der Waals surface area contributed by atoms with E-state index in [0.717, 1.165) is 16.7 Å². The fraction of sp³-hybridized carbons (Fsp3) is 0.115. The van der Waals surface area contributed by atoms with Crippen LogP contribution < -0.4 is 9.47 Å². The summed E-state index contributed by atoms with van der Waals surface area (Å²) in [6.07, 6.45) is 1.58. The number of non-ortho nitro benzene ring substituents is 1. The molecule has 11 heteroatoms. The predicted molar refractivity (Wildman–Crippen MR) is 141 cm³/mol. The fourth-order valence-electron chi connectivity index (χ4n) is 3.57. The molecule has 1 heterocycles. The van der Waals surface area contributed by atoms with Crippen molar-refractivity contribution in [2.24, 2.45) is 0 Å². The molecule has 0 atom stereocenters. The molecule has 1 aliphatic rings. The van der Waals surface area contributed by atoms with Crippen LogP contribution in [-0.2, 0) is 17.9 Å². The van der Waals surface area contributed by atoms with Crippen molar-refractivity contribution in [3.8, 4) is 17.6 Å². The number of nitriles is 1. The van der Waals surface area contributed by atoms with Gasteiger partial charge in [-0.05, 0) is 52.7 Å². The topological polar surface area (TPSA) is 123 Å². The molecular weight excluding hydrogens is 562 g/mol. The Balaban J connectivity index is 1.54. The van der Waals surface area contributed by atoms with Crippen LogP contribution in [0.4, 0.5) is 10.5 Å². The van der Waals surface area contributed by atoms with Crippen molar-refractivity contribution in [1.29, 1.82) is 5.26 Å². The van der Waals surface area contributed by atoms with Gasteiger partial charge in [0.1, 0.15) is 6.61 Å². The number of hydrogen-bond donors (Lipinski definition) is 0. The van der Waals surface area contributed by atoms with Gasteiger partial charge in [-0.25, -0.2) is 0 Å². The van der Waals surface area contributed by atoms with Crippen LogP contribution in [0.5, 0.6) is 11.5 Å². The quantitative estimate of drug-likeness (QED) is 0.179. The van der Waals surface area contributed by atoms with Gasteiger partial charge in [0, 0.05) is 16.6 Å². The molecule has 0 aromatic heterocycles. The average molecular weight is 580 g/mol. The fourth-order valence-corrected chi connectivity index (χ4v) is 4.84. The zero-order valence-electron chi connectivity index (χ0n) is 19.3. The second-order valence-corrected chi connectivity index (χ2v) is 9.62. The molecule has 4 rings (SSSR count). The number of hydrogen-bond acceptors (Lipinski definition) is 8. The standard InChI is InChI=1S/C26H18BrN3O6S/c1-35-22-10-19(21(27)12-23(22)36-15-16-5-4-8-20(9-16)30(33)34)11-24-25(31)29(26(32)37-24)14-18-7-3-2-6-17(18)13-28/h2-12H,14-15H2,1H3/b24-11+. The Kier molecular flexibility index (Phi) is 7.91. The summed E-state index contributed by atoms with van der Waals surface area (Å²) in [7, 11) is 1.47. The Morgan fingerprint density at radius 1 is 1.14 bits per heavy atom. The summed E-state index contributed by atoms with van der Waals surface area (Å²) >= 11 is 4.29. The van der Waals surface area contributed by atoms with E-state index in [1.54, 1.807) is 54.6 Å². The van der Waals surface area contributed by atoms with Crippen LogP contribution in [0.1, 0.15) is 22.3 Å². The lowest BCUT2D eigenvalue weighted by molar-refractivity contribution is -0.384. The molecule has 37 heavy (non-hydrogen) atoms. The van der Waals surface area contributed by atoms with Crippen molar-refractivity contribution in [3.63, 3.8) is 0 Å². The molecule has 0 bridgehead atoms. The number of nitro benzene ring substituents is 1. The van der Waals surface area contributed by atoms with E-state index < -0.39 is 16.1 Å². The van der Waals surface area contributed by atoms with Crippen molar-refractivity contribution >= 4 is 50.6 Å². The number of amides is 2. The van der Waals surface area contributed by atoms with Gasteiger partial charge in [0.15, 0.2) is 11.5 Å². The van der Waals surface area contributed by atoms with Gasteiger partial charge >= 0.3 is 0 Å². The SMILES string of the molecule is COc1cc(/C=C2/SC(=O)N(Cc3ccccc3C#N)C2=O)c(Br)cc1OCc1cccc([N+](=O)[O-])c1. The predicted octanol–water partition coefficient (Wildman–Crippen LogP) is 6.05. The van der Waals surface area contributed by atoms with E-state index in [-0.39, 0.29) is 23.7 Å². The Labute approximate surface area is 224 Å². The van der Waals surface area contributed by atoms with E-state index in [0.29, 0.717) is 38.2 Å². The zero-order chi connectivity index (χ0) is 26.5. The van der Waals surface area contributed by atoms with Crippen molar-refractivity contribution in [1.82, 2.24) is 4.90 Å². The Bertz CT molecular complexity index is 1480. The largest absolute Gasteiger partial charge is 0.493 e. The molecule has 1 saturated heterocycles. The molecule has 3 aromatic carbocycles. The number of benzene rings is 3. The molecule has 1 fully saturated rings. The molecule has 0 aliphatic carbocycles. The zero-order valence-corrected chi connectivity index (χ0v) is 21.7. The number of carbonyl (C=O) groups excluding carboxylic acids is 2. The number of halogens is 1. The summed E-state index contributed by atoms with van der Waals surface area (Å²) in [5.74, 6) is 0.306. The molecule has 186 valence electrons. The van der Waals surface area contributed by atoms with Gasteiger partial charge in [0.2, 0.25) is 0 Å². The van der Waals surface area contributed by atoms with E-state index in [2.05, 4.69) is 22.0 Å². The van der Waals surface area contributed by atoms with Crippen LogP contribution in [0.15, 0.2) is 70.0 Å². The minimum atomic E-state index is -0.473. The molecule has 0 unspecified atom stereocenters. The van der Waals surface area contributed by atoms with Gasteiger partial charge in [-0.1, -0.05) is 46.3 Å². The number of methoxy groups -OCH3 is 1. The van der Waals surface area contributed by atoms with E-state index in [9.17, 15) is 25.0 Å². The monoisotopic (exact) mass is 579 g/mol. The second-order valence-electron chi connectivity index (χ2n) is 7.78. The second kappa shape index (κ2) is 11.3.